The first kappa shape index (κ1) is 28.7. The molecule has 0 unspecified atom stereocenters. The minimum atomic E-state index is -4.31. The number of benzene rings is 1. The van der Waals surface area contributed by atoms with Crippen LogP contribution in [0.4, 0.5) is 14.7 Å². The van der Waals surface area contributed by atoms with Crippen molar-refractivity contribution in [1.82, 2.24) is 19.7 Å². The number of halogens is 2. The maximum absolute atomic E-state index is 14.9. The van der Waals surface area contributed by atoms with Crippen molar-refractivity contribution >= 4 is 28.5 Å². The first-order chi connectivity index (χ1) is 18.0. The van der Waals surface area contributed by atoms with Crippen molar-refractivity contribution < 1.29 is 21.9 Å². The van der Waals surface area contributed by atoms with Crippen LogP contribution in [0.1, 0.15) is 33.3 Å². The number of anilines is 1. The fraction of sp³-hybridized carbons (Fsp3) is 0.320. The minimum absolute atomic E-state index is 0.0181. The molecule has 2 atom stereocenters. The number of hydrogen-bond acceptors (Lipinski definition) is 7. The Morgan fingerprint density at radius 2 is 1.92 bits per heavy atom. The maximum Gasteiger partial charge on any atom is 0.243 e. The van der Waals surface area contributed by atoms with Crippen molar-refractivity contribution in [2.24, 2.45) is 9.98 Å². The molecule has 0 fully saturated rings. The largest absolute Gasteiger partial charge is 0.369 e. The Bertz CT molecular complexity index is 1460. The summed E-state index contributed by atoms with van der Waals surface area (Å²) in [7, 11) is -4.31. The zero-order valence-corrected chi connectivity index (χ0v) is 22.5. The van der Waals surface area contributed by atoms with Gasteiger partial charge in [-0.1, -0.05) is 11.6 Å². The predicted octanol–water partition coefficient (Wildman–Crippen LogP) is 4.47. The molecule has 0 aliphatic heterocycles. The number of ether oxygens (including phenoxy) is 1. The van der Waals surface area contributed by atoms with Gasteiger partial charge in [0.25, 0.3) is 0 Å². The molecule has 13 heteroatoms. The van der Waals surface area contributed by atoms with Gasteiger partial charge in [-0.25, -0.2) is 27.2 Å². The van der Waals surface area contributed by atoms with Gasteiger partial charge in [-0.05, 0) is 65.1 Å². The number of rotatable bonds is 10. The van der Waals surface area contributed by atoms with Crippen LogP contribution in [0.2, 0.25) is 0 Å². The smallest absolute Gasteiger partial charge is 0.243 e. The molecule has 0 aliphatic carbocycles. The molecule has 3 aromatic rings. The van der Waals surface area contributed by atoms with Crippen LogP contribution in [-0.2, 0) is 14.8 Å². The number of amidine groups is 1. The van der Waals surface area contributed by atoms with Crippen molar-refractivity contribution in [3.05, 3.63) is 65.6 Å². The highest BCUT2D eigenvalue weighted by molar-refractivity contribution is 7.93. The highest BCUT2D eigenvalue weighted by atomic mass is 32.2. The van der Waals surface area contributed by atoms with Crippen molar-refractivity contribution in [2.45, 2.75) is 46.0 Å². The van der Waals surface area contributed by atoms with Crippen LogP contribution >= 0.6 is 0 Å². The number of sulfonamides is 1. The number of hydrogen-bond donors (Lipinski definition) is 1. The molecule has 202 valence electrons. The van der Waals surface area contributed by atoms with Crippen LogP contribution in [0.25, 0.3) is 17.1 Å². The van der Waals surface area contributed by atoms with Gasteiger partial charge in [0.2, 0.25) is 16.0 Å². The molecule has 0 saturated heterocycles. The summed E-state index contributed by atoms with van der Waals surface area (Å²) in [5.74, 6) is -2.28. The monoisotopic (exact) mass is 545 g/mol. The molecule has 1 aromatic carbocycles. The van der Waals surface area contributed by atoms with Crippen molar-refractivity contribution in [1.29, 1.82) is 0 Å². The summed E-state index contributed by atoms with van der Waals surface area (Å²) in [6, 6.07) is 4.97. The second-order valence-corrected chi connectivity index (χ2v) is 10.6. The van der Waals surface area contributed by atoms with Crippen LogP contribution in [0.3, 0.4) is 0 Å². The Balaban J connectivity index is 2.14. The van der Waals surface area contributed by atoms with Crippen molar-refractivity contribution in [2.75, 3.05) is 11.3 Å². The molecule has 10 nitrogen and oxygen atoms in total. The van der Waals surface area contributed by atoms with E-state index in [1.165, 1.54) is 25.4 Å². The summed E-state index contributed by atoms with van der Waals surface area (Å²) in [5, 5.41) is 6.69. The van der Waals surface area contributed by atoms with E-state index in [1.54, 1.807) is 26.1 Å². The third kappa shape index (κ3) is 6.34. The number of pyridine rings is 1. The molecule has 2 heterocycles. The normalized spacial score (nSPS) is 13.6. The summed E-state index contributed by atoms with van der Waals surface area (Å²) >= 11 is 0. The topological polar surface area (TPSA) is 124 Å². The van der Waals surface area contributed by atoms with E-state index in [2.05, 4.69) is 36.6 Å². The maximum atomic E-state index is 14.9. The number of nitrogens with zero attached hydrogens (tertiary/aromatic N) is 6. The molecule has 0 spiro atoms. The molecule has 2 aromatic heterocycles. The Hall–Kier alpha value is -3.84. The quantitative estimate of drug-likeness (QED) is 0.296. The molecule has 0 bridgehead atoms. The van der Waals surface area contributed by atoms with Gasteiger partial charge in [0.15, 0.2) is 11.7 Å². The lowest BCUT2D eigenvalue weighted by molar-refractivity contribution is 0.108. The van der Waals surface area contributed by atoms with Crippen LogP contribution in [0.5, 0.6) is 0 Å². The molecule has 38 heavy (non-hydrogen) atoms. The third-order valence-electron chi connectivity index (χ3n) is 5.32. The van der Waals surface area contributed by atoms with E-state index in [0.29, 0.717) is 5.56 Å². The van der Waals surface area contributed by atoms with Crippen LogP contribution < -0.4 is 4.72 Å². The zero-order valence-electron chi connectivity index (χ0n) is 21.7. The second kappa shape index (κ2) is 12.1. The highest BCUT2D eigenvalue weighted by Gasteiger charge is 2.35. The molecule has 0 amide bonds. The van der Waals surface area contributed by atoms with E-state index in [9.17, 15) is 17.2 Å². The van der Waals surface area contributed by atoms with Gasteiger partial charge in [-0.15, -0.1) is 10.2 Å². The average Bonchev–Trinajstić information content (AvgIpc) is 3.25. The summed E-state index contributed by atoms with van der Waals surface area (Å²) in [5.41, 5.74) is 1.42. The van der Waals surface area contributed by atoms with Crippen molar-refractivity contribution in [3.63, 3.8) is 0 Å². The first-order valence-electron chi connectivity index (χ1n) is 11.6. The van der Waals surface area contributed by atoms with Gasteiger partial charge in [-0.3, -0.25) is 14.3 Å². The zero-order chi connectivity index (χ0) is 28.0. The number of nitrogens with one attached hydrogen (secondary N) is 1. The number of aromatic nitrogens is 4. The summed E-state index contributed by atoms with van der Waals surface area (Å²) < 4.78 is 65.8. The number of aryl methyl sites for hydroxylation is 1. The van der Waals surface area contributed by atoms with Gasteiger partial charge in [0.1, 0.15) is 28.7 Å². The summed E-state index contributed by atoms with van der Waals surface area (Å²) in [6.45, 7) is 12.1. The van der Waals surface area contributed by atoms with E-state index in [-0.39, 0.29) is 18.3 Å². The molecular formula is C25H29F2N7O3S. The molecular weight excluding hydrogens is 516 g/mol. The van der Waals surface area contributed by atoms with Gasteiger partial charge in [-0.2, -0.15) is 0 Å². The standard InChI is InChI=1S/C25H29F2N7O3S/c1-7-37-22(23(28-6)30-12-15(2)3)17(5)38(35,36)33-25-32-31-24(18-11-16(4)13-29-14-18)34(25)21-19(26)9-8-10-20(21)27/h8-14,17,22H,6-7H2,1-5H3,(H,32,33)/t17-,22-/m1/s1. The molecule has 3 rings (SSSR count). The minimum Gasteiger partial charge on any atom is -0.369 e. The van der Waals surface area contributed by atoms with E-state index < -0.39 is 44.6 Å². The van der Waals surface area contributed by atoms with Crippen LogP contribution in [0.15, 0.2) is 58.4 Å². The number of para-hydroxylation sites is 1. The Morgan fingerprint density at radius 1 is 1.24 bits per heavy atom. The van der Waals surface area contributed by atoms with Crippen LogP contribution in [-0.4, -0.2) is 58.7 Å². The molecule has 0 aliphatic rings. The van der Waals surface area contributed by atoms with Gasteiger partial charge < -0.3 is 4.74 Å². The van der Waals surface area contributed by atoms with Crippen LogP contribution in [0, 0.1) is 18.6 Å². The number of aliphatic imine (C=N–C) groups is 2. The SMILES string of the molecule is C=NC(=NC=C(C)C)[C@H](OCC)[C@@H](C)S(=O)(=O)Nc1nnc(-c2cncc(C)c2)n1-c1c(F)cccc1F. The Labute approximate surface area is 220 Å². The molecule has 1 N–H and O–H groups in total. The fourth-order valence-electron chi connectivity index (χ4n) is 3.51. The predicted molar refractivity (Wildman–Crippen MR) is 143 cm³/mol. The number of allylic oxidation sites excluding steroid dienone is 1. The van der Waals surface area contributed by atoms with E-state index >= 15 is 0 Å². The van der Waals surface area contributed by atoms with Gasteiger partial charge in [0.05, 0.1) is 0 Å². The lowest BCUT2D eigenvalue weighted by Crippen LogP contribution is -2.42. The first-order valence-corrected chi connectivity index (χ1v) is 13.2. The van der Waals surface area contributed by atoms with Gasteiger partial charge >= 0.3 is 0 Å². The molecule has 0 saturated carbocycles. The van der Waals surface area contributed by atoms with E-state index in [1.807, 2.05) is 13.8 Å². The Morgan fingerprint density at radius 3 is 2.50 bits per heavy atom. The lowest BCUT2D eigenvalue weighted by Gasteiger charge is -2.23. The summed E-state index contributed by atoms with van der Waals surface area (Å²) in [6.07, 6.45) is 3.44. The summed E-state index contributed by atoms with van der Waals surface area (Å²) in [4.78, 5) is 12.2. The van der Waals surface area contributed by atoms with E-state index in [4.69, 9.17) is 4.74 Å². The van der Waals surface area contributed by atoms with Gasteiger partial charge in [0, 0.05) is 30.8 Å². The average molecular weight is 546 g/mol. The highest BCUT2D eigenvalue weighted by Crippen LogP contribution is 2.30. The molecule has 0 radical (unpaired) electrons. The lowest BCUT2D eigenvalue weighted by atomic mass is 10.2. The van der Waals surface area contributed by atoms with E-state index in [0.717, 1.165) is 27.8 Å². The fourth-order valence-corrected chi connectivity index (χ4v) is 4.61. The third-order valence-corrected chi connectivity index (χ3v) is 7.02. The second-order valence-electron chi connectivity index (χ2n) is 8.58. The Kier molecular flexibility index (Phi) is 9.17. The van der Waals surface area contributed by atoms with Crippen molar-refractivity contribution in [3.8, 4) is 17.1 Å².